The molecule has 0 unspecified atom stereocenters. The highest BCUT2D eigenvalue weighted by molar-refractivity contribution is 6.09. The molecule has 0 radical (unpaired) electrons. The van der Waals surface area contributed by atoms with Crippen molar-refractivity contribution in [3.63, 3.8) is 0 Å². The van der Waals surface area contributed by atoms with Gasteiger partial charge in [0.1, 0.15) is 41.4 Å². The molecule has 426 valence electrons. The molecule has 12 aromatic rings. The molecular weight excluding hydrogens is 1070 g/mol. The van der Waals surface area contributed by atoms with Crippen molar-refractivity contribution in [1.82, 2.24) is 9.55 Å². The normalized spacial score (nSPS) is 12.8. The average molecular weight is 1130 g/mol. The maximum Gasteiger partial charge on any atom is 0.137 e. The van der Waals surface area contributed by atoms with Crippen LogP contribution in [0.1, 0.15) is 79.0 Å². The summed E-state index contributed by atoms with van der Waals surface area (Å²) in [6, 6.07) is 74.5. The van der Waals surface area contributed by atoms with Crippen LogP contribution in [0.5, 0.6) is 11.5 Å². The van der Waals surface area contributed by atoms with E-state index in [2.05, 4.69) is 216 Å². The largest absolute Gasteiger partial charge is 0.457 e. The van der Waals surface area contributed by atoms with Crippen LogP contribution in [0.15, 0.2) is 231 Å². The summed E-state index contributed by atoms with van der Waals surface area (Å²) in [6.07, 6.45) is 1.89. The van der Waals surface area contributed by atoms with E-state index in [4.69, 9.17) is 9.72 Å². The smallest absolute Gasteiger partial charge is 0.137 e. The Labute approximate surface area is 502 Å². The molecule has 5 nitrogen and oxygen atoms in total. The first-order valence-electron chi connectivity index (χ1n) is 29.4. The van der Waals surface area contributed by atoms with Gasteiger partial charge in [-0.3, -0.25) is 4.57 Å². The predicted molar refractivity (Wildman–Crippen MR) is 350 cm³/mol. The van der Waals surface area contributed by atoms with E-state index in [0.29, 0.717) is 17.2 Å². The van der Waals surface area contributed by atoms with Crippen molar-refractivity contribution in [2.24, 2.45) is 0 Å². The summed E-state index contributed by atoms with van der Waals surface area (Å²) in [5, 5.41) is 2.19. The maximum absolute atomic E-state index is 16.9. The molecule has 0 amide bonds. The van der Waals surface area contributed by atoms with Gasteiger partial charge in [0, 0.05) is 58.0 Å². The van der Waals surface area contributed by atoms with Gasteiger partial charge in [-0.25, -0.2) is 18.2 Å². The van der Waals surface area contributed by atoms with E-state index < -0.39 is 17.5 Å². The molecule has 0 atom stereocenters. The van der Waals surface area contributed by atoms with Crippen molar-refractivity contribution >= 4 is 44.6 Å². The lowest BCUT2D eigenvalue weighted by atomic mass is 9.78. The van der Waals surface area contributed by atoms with Gasteiger partial charge < -0.3 is 14.5 Å². The molecule has 0 bridgehead atoms. The van der Waals surface area contributed by atoms with Gasteiger partial charge in [0.05, 0.1) is 33.7 Å². The summed E-state index contributed by atoms with van der Waals surface area (Å²) in [4.78, 5) is 9.34. The zero-order valence-electron chi connectivity index (χ0n) is 50.0. The number of pyridine rings is 1. The lowest BCUT2D eigenvalue weighted by Gasteiger charge is -2.30. The quantitative estimate of drug-likeness (QED) is 0.137. The highest BCUT2D eigenvalue weighted by Crippen LogP contribution is 2.54. The summed E-state index contributed by atoms with van der Waals surface area (Å²) in [6.45, 7) is 20.1. The van der Waals surface area contributed by atoms with Gasteiger partial charge in [-0.1, -0.05) is 196 Å². The minimum absolute atomic E-state index is 0.0909. The summed E-state index contributed by atoms with van der Waals surface area (Å²) < 4.78 is 58.4. The third-order valence-electron chi connectivity index (χ3n) is 16.7. The van der Waals surface area contributed by atoms with Crippen LogP contribution in [0.4, 0.5) is 35.9 Å². The maximum atomic E-state index is 16.9. The molecule has 0 fully saturated rings. The van der Waals surface area contributed by atoms with E-state index in [1.54, 1.807) is 0 Å². The van der Waals surface area contributed by atoms with Crippen LogP contribution in [0.3, 0.4) is 0 Å². The molecular formula is C78H67F3N4O. The first-order valence-corrected chi connectivity index (χ1v) is 29.4. The van der Waals surface area contributed by atoms with Crippen LogP contribution >= 0.6 is 0 Å². The Morgan fingerprint density at radius 1 is 0.395 bits per heavy atom. The minimum atomic E-state index is -0.996. The minimum Gasteiger partial charge on any atom is -0.457 e. The molecule has 0 saturated heterocycles. The number of hydrogen-bond donors (Lipinski definition) is 0. The van der Waals surface area contributed by atoms with Crippen LogP contribution in [-0.4, -0.2) is 16.2 Å². The topological polar surface area (TPSA) is 33.5 Å². The SMILES string of the molecule is CC(C)(C)c1cc(-c2cc(-c3ccccc3)cc(-c3c(F)cc(F)cc3F)c2N2CN(c3cc(Oc4ccc5c6ccccc6n(-c6cc(C(C)(C)C)ccn6)c5c4)cc(-c4ccc(-c5ccccc5)cc4)c3)c3ccccc32)cc(C(C)(C)C)c1. The van der Waals surface area contributed by atoms with Crippen LogP contribution in [0.2, 0.25) is 0 Å². The molecule has 10 aromatic carbocycles. The second kappa shape index (κ2) is 21.4. The Morgan fingerprint density at radius 2 is 0.930 bits per heavy atom. The standard InChI is InChI=1S/C78H67F3N4O/c1-76(2,3)56-34-35-82-73(43-56)85-69-25-17-16-24-63(69)64-33-32-61(47-72(64)85)86-62-39-53(52-30-28-51(29-31-52)49-20-12-10-13-21-49)38-60(46-62)83-48-84(71-27-19-18-26-70(71)83)75-65(55-36-57(77(4,5)6)42-58(37-55)78(7,8)9)40-54(50-22-14-11-15-23-50)41-66(75)74-67(80)44-59(79)45-68(74)81/h10-47H,48H2,1-9H3. The van der Waals surface area contributed by atoms with Crippen molar-refractivity contribution in [1.29, 1.82) is 0 Å². The molecule has 3 heterocycles. The van der Waals surface area contributed by atoms with Crippen molar-refractivity contribution in [3.8, 4) is 73.0 Å². The number of ether oxygens (including phenoxy) is 1. The average Bonchev–Trinajstić information content (AvgIpc) is 1.56. The Bertz CT molecular complexity index is 4510. The van der Waals surface area contributed by atoms with Crippen molar-refractivity contribution in [2.75, 3.05) is 16.5 Å². The number of fused-ring (bicyclic) bond motifs is 4. The van der Waals surface area contributed by atoms with Crippen molar-refractivity contribution < 1.29 is 17.9 Å². The number of hydrogen-bond acceptors (Lipinski definition) is 4. The fraction of sp³-hybridized carbons (Fsp3) is 0.167. The lowest BCUT2D eigenvalue weighted by molar-refractivity contribution is 0.483. The van der Waals surface area contributed by atoms with E-state index in [1.807, 2.05) is 79.0 Å². The molecule has 1 aliphatic heterocycles. The molecule has 0 N–H and O–H groups in total. The van der Waals surface area contributed by atoms with Gasteiger partial charge in [0.15, 0.2) is 0 Å². The van der Waals surface area contributed by atoms with Crippen LogP contribution in [-0.2, 0) is 16.2 Å². The number of para-hydroxylation sites is 3. The van der Waals surface area contributed by atoms with Gasteiger partial charge in [-0.15, -0.1) is 0 Å². The monoisotopic (exact) mass is 1130 g/mol. The third-order valence-corrected chi connectivity index (χ3v) is 16.7. The van der Waals surface area contributed by atoms with E-state index in [-0.39, 0.29) is 34.0 Å². The van der Waals surface area contributed by atoms with Crippen molar-refractivity contribution in [2.45, 2.75) is 78.6 Å². The van der Waals surface area contributed by atoms with Crippen LogP contribution in [0.25, 0.3) is 83.3 Å². The number of nitrogens with zero attached hydrogens (tertiary/aromatic N) is 4. The second-order valence-corrected chi connectivity index (χ2v) is 25.8. The number of aromatic nitrogens is 2. The second-order valence-electron chi connectivity index (χ2n) is 25.8. The zero-order chi connectivity index (χ0) is 59.8. The number of anilines is 4. The third kappa shape index (κ3) is 10.5. The molecule has 0 saturated carbocycles. The highest BCUT2D eigenvalue weighted by Gasteiger charge is 2.35. The molecule has 1 aliphatic rings. The summed E-state index contributed by atoms with van der Waals surface area (Å²) in [5.41, 5.74) is 15.3. The molecule has 2 aromatic heterocycles. The first-order chi connectivity index (χ1) is 41.2. The molecule has 8 heteroatoms. The van der Waals surface area contributed by atoms with E-state index in [9.17, 15) is 0 Å². The number of benzene rings is 10. The Morgan fingerprint density at radius 3 is 1.57 bits per heavy atom. The lowest BCUT2D eigenvalue weighted by Crippen LogP contribution is -2.25. The van der Waals surface area contributed by atoms with Gasteiger partial charge in [-0.2, -0.15) is 0 Å². The first kappa shape index (κ1) is 55.5. The van der Waals surface area contributed by atoms with Gasteiger partial charge in [0.2, 0.25) is 0 Å². The fourth-order valence-corrected chi connectivity index (χ4v) is 12.1. The van der Waals surface area contributed by atoms with Crippen LogP contribution in [0, 0.1) is 17.5 Å². The molecule has 0 spiro atoms. The molecule has 0 aliphatic carbocycles. The fourth-order valence-electron chi connectivity index (χ4n) is 12.1. The number of halogens is 3. The summed E-state index contributed by atoms with van der Waals surface area (Å²) in [5.74, 6) is -0.916. The van der Waals surface area contributed by atoms with Crippen molar-refractivity contribution in [3.05, 3.63) is 265 Å². The highest BCUT2D eigenvalue weighted by atomic mass is 19.1. The summed E-state index contributed by atoms with van der Waals surface area (Å²) >= 11 is 0. The van der Waals surface area contributed by atoms with Crippen LogP contribution < -0.4 is 14.5 Å². The predicted octanol–water partition coefficient (Wildman–Crippen LogP) is 21.9. The molecule has 13 rings (SSSR count). The summed E-state index contributed by atoms with van der Waals surface area (Å²) in [7, 11) is 0. The van der Waals surface area contributed by atoms with E-state index in [0.717, 1.165) is 112 Å². The Kier molecular flexibility index (Phi) is 13.8. The van der Waals surface area contributed by atoms with Gasteiger partial charge >= 0.3 is 0 Å². The Balaban J connectivity index is 1.01. The zero-order valence-corrected chi connectivity index (χ0v) is 50.0. The van der Waals surface area contributed by atoms with E-state index in [1.165, 1.54) is 5.56 Å². The Hall–Kier alpha value is -9.66. The number of rotatable bonds is 10. The molecule has 86 heavy (non-hydrogen) atoms. The van der Waals surface area contributed by atoms with E-state index >= 15 is 13.2 Å². The van der Waals surface area contributed by atoms with Gasteiger partial charge in [-0.05, 0) is 139 Å². The van der Waals surface area contributed by atoms with Gasteiger partial charge in [0.25, 0.3) is 0 Å².